The van der Waals surface area contributed by atoms with Crippen molar-refractivity contribution in [2.75, 3.05) is 0 Å². The number of fused-ring (bicyclic) bond motifs is 8. The Hall–Kier alpha value is -6.52. The van der Waals surface area contributed by atoms with Crippen LogP contribution in [0.4, 0.5) is 8.78 Å². The molecule has 2 bridgehead atoms. The van der Waals surface area contributed by atoms with Gasteiger partial charge in [0.05, 0.1) is 0 Å². The fourth-order valence-corrected chi connectivity index (χ4v) is 15.0. The molecule has 2 nitrogen and oxygen atoms in total. The maximum absolute atomic E-state index is 16.7. The first-order valence-electron chi connectivity index (χ1n) is 28.5. The van der Waals surface area contributed by atoms with Crippen molar-refractivity contribution in [1.29, 1.82) is 0 Å². The average Bonchev–Trinajstić information content (AvgIpc) is 3.61. The van der Waals surface area contributed by atoms with Crippen molar-refractivity contribution >= 4 is 5.57 Å². The highest BCUT2D eigenvalue weighted by Gasteiger charge is 2.49. The van der Waals surface area contributed by atoms with Gasteiger partial charge in [0.15, 0.2) is 0 Å². The summed E-state index contributed by atoms with van der Waals surface area (Å²) in [5.74, 6) is 2.76. The number of aryl methyl sites for hydroxylation is 1. The molecule has 0 radical (unpaired) electrons. The third kappa shape index (κ3) is 9.96. The van der Waals surface area contributed by atoms with Gasteiger partial charge < -0.3 is 9.47 Å². The van der Waals surface area contributed by atoms with Crippen molar-refractivity contribution in [2.24, 2.45) is 35.5 Å². The van der Waals surface area contributed by atoms with Gasteiger partial charge in [0, 0.05) is 47.6 Å². The van der Waals surface area contributed by atoms with E-state index in [0.29, 0.717) is 30.1 Å². The van der Waals surface area contributed by atoms with Gasteiger partial charge in [0.25, 0.3) is 0 Å². The molecule has 2 heterocycles. The minimum atomic E-state index is -0.244. The molecular weight excluding hydrogens is 923 g/mol. The second-order valence-corrected chi connectivity index (χ2v) is 23.0. The summed E-state index contributed by atoms with van der Waals surface area (Å²) in [7, 11) is 0. The number of allylic oxidation sites excluding steroid dienone is 4. The molecular formula is C71H72F2O2. The van der Waals surface area contributed by atoms with E-state index in [1.165, 1.54) is 44.5 Å². The Kier molecular flexibility index (Phi) is 14.2. The summed E-state index contributed by atoms with van der Waals surface area (Å²) in [5.41, 5.74) is 15.2. The second-order valence-electron chi connectivity index (χ2n) is 23.0. The number of ether oxygens (including phenoxy) is 2. The van der Waals surface area contributed by atoms with E-state index in [2.05, 4.69) is 172 Å². The lowest BCUT2D eigenvalue weighted by atomic mass is 9.67. The van der Waals surface area contributed by atoms with Gasteiger partial charge in [-0.15, -0.1) is 0 Å². The maximum atomic E-state index is 16.7. The molecule has 7 aromatic carbocycles. The molecule has 1 saturated carbocycles. The highest BCUT2D eigenvalue weighted by molar-refractivity contribution is 5.78. The van der Waals surface area contributed by atoms with E-state index in [-0.39, 0.29) is 47.5 Å². The van der Waals surface area contributed by atoms with Crippen LogP contribution in [-0.4, -0.2) is 12.2 Å². The zero-order chi connectivity index (χ0) is 51.0. The first kappa shape index (κ1) is 49.4. The van der Waals surface area contributed by atoms with Crippen LogP contribution in [0.1, 0.15) is 134 Å². The Labute approximate surface area is 445 Å². The van der Waals surface area contributed by atoms with Crippen LogP contribution in [0.2, 0.25) is 0 Å². The SMILES string of the molecule is CCC(c1ccccc1-c1ccccc1)c1cc(F)cc2c1OC(Cc1ccccc1)C1CC(CCC3C(C)CCc4cc(F)cc(C5CC6=C(CCC=C6)c6ccccc65)c4OC(Cc4ccccc4)C31)C(C)C2. The highest BCUT2D eigenvalue weighted by Crippen LogP contribution is 2.54. The molecule has 0 saturated heterocycles. The smallest absolute Gasteiger partial charge is 0.126 e. The zero-order valence-electron chi connectivity index (χ0n) is 44.1. The average molecular weight is 995 g/mol. The lowest BCUT2D eigenvalue weighted by Crippen LogP contribution is -2.47. The van der Waals surface area contributed by atoms with Gasteiger partial charge in [-0.25, -0.2) is 8.78 Å². The Bertz CT molecular complexity index is 3190. The van der Waals surface area contributed by atoms with Crippen molar-refractivity contribution < 1.29 is 18.3 Å². The monoisotopic (exact) mass is 995 g/mol. The first-order chi connectivity index (χ1) is 36.8. The van der Waals surface area contributed by atoms with Crippen LogP contribution in [-0.2, 0) is 25.7 Å². The predicted octanol–water partition coefficient (Wildman–Crippen LogP) is 17.9. The Morgan fingerprint density at radius 2 is 1.21 bits per heavy atom. The topological polar surface area (TPSA) is 18.5 Å². The van der Waals surface area contributed by atoms with E-state index in [0.717, 1.165) is 110 Å². The standard InChI is InChI=1S/C71H72F2O2/c1-4-56(60-29-17-16-27-58(60)49-24-12-7-13-25-49)64-43-55(73)40-53-36-46(3)50-34-35-57-45(2)32-33-52-39-54(72)44-65(63-42-51-26-14-15-28-59(51)61-30-18-19-31-62(61)63)70(52)75-68(38-48-22-10-6-11-23-48)69(57)66(41-50)67(74-71(53)64)37-47-20-8-5-9-21-47/h5-14,16-27,29-31,39-40,43-46,50,56-57,63,66-69H,4,15,28,32-38,41-42H2,1-3H3. The van der Waals surface area contributed by atoms with Crippen LogP contribution in [0.25, 0.3) is 16.7 Å². The maximum Gasteiger partial charge on any atom is 0.126 e. The van der Waals surface area contributed by atoms with Crippen LogP contribution in [0.5, 0.6) is 11.5 Å². The molecule has 10 atom stereocenters. The normalized spacial score (nSPS) is 25.5. The molecule has 12 rings (SSSR count). The molecule has 75 heavy (non-hydrogen) atoms. The van der Waals surface area contributed by atoms with E-state index >= 15 is 8.78 Å². The number of hydrogen-bond acceptors (Lipinski definition) is 2. The van der Waals surface area contributed by atoms with Gasteiger partial charge >= 0.3 is 0 Å². The van der Waals surface area contributed by atoms with Gasteiger partial charge in [-0.1, -0.05) is 172 Å². The first-order valence-corrected chi connectivity index (χ1v) is 28.5. The summed E-state index contributed by atoms with van der Waals surface area (Å²) < 4.78 is 49.4. The molecule has 5 aliphatic rings. The molecule has 382 valence electrons. The van der Waals surface area contributed by atoms with Crippen LogP contribution in [0.15, 0.2) is 182 Å². The number of rotatable bonds is 9. The Balaban J connectivity index is 1.04. The zero-order valence-corrected chi connectivity index (χ0v) is 44.1. The fraction of sp³-hybridized carbons (Fsp3) is 0.352. The molecule has 0 aromatic heterocycles. The predicted molar refractivity (Wildman–Crippen MR) is 302 cm³/mol. The summed E-state index contributed by atoms with van der Waals surface area (Å²) in [6, 6.07) is 57.3. The lowest BCUT2D eigenvalue weighted by molar-refractivity contribution is -0.0144. The lowest BCUT2D eigenvalue weighted by Gasteiger charge is -2.43. The minimum Gasteiger partial charge on any atom is -0.489 e. The van der Waals surface area contributed by atoms with Gasteiger partial charge in [-0.2, -0.15) is 0 Å². The summed E-state index contributed by atoms with van der Waals surface area (Å²) in [6.07, 6.45) is 14.9. The van der Waals surface area contributed by atoms with Gasteiger partial charge in [0.2, 0.25) is 0 Å². The van der Waals surface area contributed by atoms with Crippen molar-refractivity contribution in [3.05, 3.63) is 243 Å². The van der Waals surface area contributed by atoms with E-state index in [9.17, 15) is 0 Å². The molecule has 10 unspecified atom stereocenters. The van der Waals surface area contributed by atoms with Crippen LogP contribution in [0.3, 0.4) is 0 Å². The van der Waals surface area contributed by atoms with Gasteiger partial charge in [-0.05, 0) is 173 Å². The van der Waals surface area contributed by atoms with E-state index < -0.39 is 0 Å². The molecule has 0 amide bonds. The van der Waals surface area contributed by atoms with Gasteiger partial charge in [0.1, 0.15) is 35.3 Å². The molecule has 4 heteroatoms. The van der Waals surface area contributed by atoms with Gasteiger partial charge in [-0.3, -0.25) is 0 Å². The van der Waals surface area contributed by atoms with E-state index in [1.807, 2.05) is 6.07 Å². The van der Waals surface area contributed by atoms with Crippen molar-refractivity contribution in [3.63, 3.8) is 0 Å². The highest BCUT2D eigenvalue weighted by atomic mass is 19.1. The molecule has 0 N–H and O–H groups in total. The third-order valence-electron chi connectivity index (χ3n) is 18.6. The molecule has 2 aliphatic heterocycles. The van der Waals surface area contributed by atoms with Crippen LogP contribution < -0.4 is 9.47 Å². The number of benzene rings is 7. The van der Waals surface area contributed by atoms with Crippen LogP contribution >= 0.6 is 0 Å². The van der Waals surface area contributed by atoms with Crippen molar-refractivity contribution in [3.8, 4) is 22.6 Å². The fourth-order valence-electron chi connectivity index (χ4n) is 15.0. The van der Waals surface area contributed by atoms with Crippen molar-refractivity contribution in [2.45, 2.75) is 122 Å². The Morgan fingerprint density at radius 1 is 0.560 bits per heavy atom. The molecule has 0 spiro atoms. The summed E-state index contributed by atoms with van der Waals surface area (Å²) in [5, 5.41) is 0. The summed E-state index contributed by atoms with van der Waals surface area (Å²) >= 11 is 0. The largest absolute Gasteiger partial charge is 0.489 e. The van der Waals surface area contributed by atoms with E-state index in [1.54, 1.807) is 18.2 Å². The Morgan fingerprint density at radius 3 is 1.97 bits per heavy atom. The minimum absolute atomic E-state index is 0.0502. The summed E-state index contributed by atoms with van der Waals surface area (Å²) in [4.78, 5) is 0. The second kappa shape index (κ2) is 21.6. The molecule has 7 aromatic rings. The molecule has 1 fully saturated rings. The van der Waals surface area contributed by atoms with E-state index in [4.69, 9.17) is 9.47 Å². The van der Waals surface area contributed by atoms with Crippen LogP contribution in [0, 0.1) is 47.1 Å². The molecule has 3 aliphatic carbocycles. The number of halogens is 2. The van der Waals surface area contributed by atoms with Crippen molar-refractivity contribution in [1.82, 2.24) is 0 Å². The third-order valence-corrected chi connectivity index (χ3v) is 18.6. The number of hydrogen-bond donors (Lipinski definition) is 0. The quantitative estimate of drug-likeness (QED) is 0.143. The summed E-state index contributed by atoms with van der Waals surface area (Å²) in [6.45, 7) is 7.15.